The molecule has 2 aliphatic heterocycles. The van der Waals surface area contributed by atoms with Gasteiger partial charge in [0.1, 0.15) is 4.90 Å². The molecule has 1 spiro atoms. The van der Waals surface area contributed by atoms with Crippen LogP contribution >= 0.6 is 0 Å². The third-order valence-electron chi connectivity index (χ3n) is 5.42. The molecule has 1 amide bonds. The van der Waals surface area contributed by atoms with Gasteiger partial charge in [0.2, 0.25) is 15.9 Å². The third-order valence-corrected chi connectivity index (χ3v) is 7.41. The maximum Gasteiger partial charge on any atom is 0.248 e. The molecule has 0 aromatic carbocycles. The van der Waals surface area contributed by atoms with Crippen molar-refractivity contribution in [3.63, 3.8) is 0 Å². The van der Waals surface area contributed by atoms with Gasteiger partial charge in [-0.25, -0.2) is 8.42 Å². The van der Waals surface area contributed by atoms with E-state index in [1.54, 1.807) is 14.0 Å². The Labute approximate surface area is 148 Å². The first kappa shape index (κ1) is 18.3. The first-order valence-corrected chi connectivity index (χ1v) is 10.0. The van der Waals surface area contributed by atoms with E-state index >= 15 is 0 Å². The number of aryl methyl sites for hydroxylation is 1. The first-order chi connectivity index (χ1) is 11.9. The number of hydrogen-bond acceptors (Lipinski definition) is 6. The van der Waals surface area contributed by atoms with E-state index in [9.17, 15) is 13.2 Å². The summed E-state index contributed by atoms with van der Waals surface area (Å²) in [5.74, 6) is 0.479. The van der Waals surface area contributed by atoms with Gasteiger partial charge in [0.05, 0.1) is 12.8 Å². The molecule has 140 valence electrons. The number of carbonyl (C=O) groups excluding carboxylic acids is 1. The number of aromatic nitrogens is 1. The van der Waals surface area contributed by atoms with E-state index in [1.165, 1.54) is 10.5 Å². The third kappa shape index (κ3) is 3.58. The minimum atomic E-state index is -3.57. The topological polar surface area (TPSA) is 93.0 Å². The van der Waals surface area contributed by atoms with Gasteiger partial charge in [0.15, 0.2) is 5.76 Å². The van der Waals surface area contributed by atoms with E-state index in [-0.39, 0.29) is 16.2 Å². The number of nitrogens with zero attached hydrogens (tertiary/aromatic N) is 3. The van der Waals surface area contributed by atoms with E-state index in [0.29, 0.717) is 45.0 Å². The molecule has 3 heterocycles. The fourth-order valence-electron chi connectivity index (χ4n) is 3.79. The van der Waals surface area contributed by atoms with E-state index in [2.05, 4.69) is 5.16 Å². The predicted molar refractivity (Wildman–Crippen MR) is 89.4 cm³/mol. The number of carbonyl (C=O) groups is 1. The molecular formula is C16H25N3O5S. The lowest BCUT2D eigenvalue weighted by Crippen LogP contribution is -2.52. The highest BCUT2D eigenvalue weighted by atomic mass is 32.2. The molecule has 0 aliphatic carbocycles. The maximum atomic E-state index is 12.7. The average molecular weight is 371 g/mol. The van der Waals surface area contributed by atoms with Crippen molar-refractivity contribution in [3.8, 4) is 0 Å². The highest BCUT2D eigenvalue weighted by Gasteiger charge is 2.43. The van der Waals surface area contributed by atoms with Crippen LogP contribution in [0.3, 0.4) is 0 Å². The van der Waals surface area contributed by atoms with Crippen molar-refractivity contribution in [1.82, 2.24) is 14.4 Å². The Balaban J connectivity index is 1.67. The van der Waals surface area contributed by atoms with Gasteiger partial charge in [0, 0.05) is 39.7 Å². The highest BCUT2D eigenvalue weighted by molar-refractivity contribution is 7.89. The van der Waals surface area contributed by atoms with Crippen LogP contribution < -0.4 is 0 Å². The van der Waals surface area contributed by atoms with Gasteiger partial charge >= 0.3 is 0 Å². The van der Waals surface area contributed by atoms with Gasteiger partial charge in [-0.3, -0.25) is 4.79 Å². The van der Waals surface area contributed by atoms with Gasteiger partial charge in [-0.05, 0) is 31.6 Å². The molecule has 0 unspecified atom stereocenters. The van der Waals surface area contributed by atoms with Gasteiger partial charge in [-0.2, -0.15) is 4.31 Å². The number of hydrogen-bond donors (Lipinski definition) is 0. The van der Waals surface area contributed by atoms with Crippen LogP contribution in [0.4, 0.5) is 0 Å². The predicted octanol–water partition coefficient (Wildman–Crippen LogP) is 1.02. The second kappa shape index (κ2) is 7.05. The Hall–Kier alpha value is -1.45. The summed E-state index contributed by atoms with van der Waals surface area (Å²) < 4.78 is 37.0. The van der Waals surface area contributed by atoms with Crippen LogP contribution in [0.5, 0.6) is 0 Å². The first-order valence-electron chi connectivity index (χ1n) is 8.56. The van der Waals surface area contributed by atoms with Crippen LogP contribution in [0.2, 0.25) is 0 Å². The summed E-state index contributed by atoms with van der Waals surface area (Å²) >= 11 is 0. The number of sulfonamides is 1. The summed E-state index contributed by atoms with van der Waals surface area (Å²) in [6, 6.07) is 0. The van der Waals surface area contributed by atoms with Gasteiger partial charge < -0.3 is 14.2 Å². The van der Waals surface area contributed by atoms with Crippen molar-refractivity contribution in [2.75, 3.05) is 39.9 Å². The molecule has 0 atom stereocenters. The number of likely N-dealkylation sites (tertiary alicyclic amines) is 1. The molecule has 0 bridgehead atoms. The number of ether oxygens (including phenoxy) is 1. The lowest BCUT2D eigenvalue weighted by molar-refractivity contribution is -0.139. The Morgan fingerprint density at radius 2 is 2.04 bits per heavy atom. The van der Waals surface area contributed by atoms with Crippen molar-refractivity contribution in [3.05, 3.63) is 12.0 Å². The number of amides is 1. The minimum Gasteiger partial charge on any atom is -0.383 e. The molecule has 3 rings (SSSR count). The normalized spacial score (nSPS) is 21.8. The van der Waals surface area contributed by atoms with Crippen LogP contribution in [0.15, 0.2) is 15.6 Å². The lowest BCUT2D eigenvalue weighted by atomic mass is 9.73. The molecular weight excluding hydrogens is 346 g/mol. The monoisotopic (exact) mass is 371 g/mol. The second-order valence-electron chi connectivity index (χ2n) is 6.96. The smallest absolute Gasteiger partial charge is 0.248 e. The molecule has 8 nitrogen and oxygen atoms in total. The largest absolute Gasteiger partial charge is 0.383 e. The van der Waals surface area contributed by atoms with E-state index < -0.39 is 10.0 Å². The minimum absolute atomic E-state index is 0.0113. The van der Waals surface area contributed by atoms with Gasteiger partial charge in [-0.1, -0.05) is 5.16 Å². The molecule has 0 N–H and O–H groups in total. The standard InChI is InChI=1S/C16H25N3O5S/c1-13-14(11-17-24-13)25(21,22)19-7-5-16(6-8-19)4-3-15(20)18(12-16)9-10-23-2/h11H,3-10,12H2,1-2H3. The van der Waals surface area contributed by atoms with Gasteiger partial charge in [-0.15, -0.1) is 0 Å². The Bertz CT molecular complexity index is 722. The lowest BCUT2D eigenvalue weighted by Gasteiger charge is -2.47. The van der Waals surface area contributed by atoms with Gasteiger partial charge in [0.25, 0.3) is 0 Å². The number of piperidine rings is 2. The van der Waals surface area contributed by atoms with Crippen LogP contribution in [-0.2, 0) is 19.6 Å². The van der Waals surface area contributed by atoms with E-state index in [1.807, 2.05) is 4.90 Å². The summed E-state index contributed by atoms with van der Waals surface area (Å²) in [5, 5.41) is 3.58. The second-order valence-corrected chi connectivity index (χ2v) is 8.86. The molecule has 25 heavy (non-hydrogen) atoms. The van der Waals surface area contributed by atoms with Crippen molar-refractivity contribution < 1.29 is 22.5 Å². The van der Waals surface area contributed by atoms with E-state index in [4.69, 9.17) is 9.26 Å². The maximum absolute atomic E-state index is 12.7. The molecule has 2 fully saturated rings. The molecule has 0 radical (unpaired) electrons. The van der Waals surface area contributed by atoms with Crippen LogP contribution in [0, 0.1) is 12.3 Å². The Morgan fingerprint density at radius 3 is 2.64 bits per heavy atom. The van der Waals surface area contributed by atoms with Crippen molar-refractivity contribution in [2.24, 2.45) is 5.41 Å². The number of rotatable bonds is 5. The molecule has 2 saturated heterocycles. The molecule has 2 aliphatic rings. The highest BCUT2D eigenvalue weighted by Crippen LogP contribution is 2.41. The van der Waals surface area contributed by atoms with Crippen LogP contribution in [0.1, 0.15) is 31.4 Å². The van der Waals surface area contributed by atoms with Crippen molar-refractivity contribution in [2.45, 2.75) is 37.5 Å². The summed E-state index contributed by atoms with van der Waals surface area (Å²) in [5.41, 5.74) is 0.0113. The fraction of sp³-hybridized carbons (Fsp3) is 0.750. The zero-order valence-electron chi connectivity index (χ0n) is 14.7. The quantitative estimate of drug-likeness (QED) is 0.767. The Morgan fingerprint density at radius 1 is 1.32 bits per heavy atom. The summed E-state index contributed by atoms with van der Waals surface area (Å²) in [6.07, 6.45) is 4.14. The summed E-state index contributed by atoms with van der Waals surface area (Å²) in [4.78, 5) is 14.1. The zero-order chi connectivity index (χ0) is 18.1. The zero-order valence-corrected chi connectivity index (χ0v) is 15.5. The number of methoxy groups -OCH3 is 1. The average Bonchev–Trinajstić information content (AvgIpc) is 3.03. The van der Waals surface area contributed by atoms with Crippen molar-refractivity contribution >= 4 is 15.9 Å². The van der Waals surface area contributed by atoms with Crippen molar-refractivity contribution in [1.29, 1.82) is 0 Å². The van der Waals surface area contributed by atoms with E-state index in [0.717, 1.165) is 19.3 Å². The molecule has 1 aromatic rings. The van der Waals surface area contributed by atoms with Crippen LogP contribution in [-0.4, -0.2) is 68.6 Å². The molecule has 9 heteroatoms. The fourth-order valence-corrected chi connectivity index (χ4v) is 5.31. The molecule has 1 aromatic heterocycles. The molecule has 0 saturated carbocycles. The summed E-state index contributed by atoms with van der Waals surface area (Å²) in [7, 11) is -1.94. The Kier molecular flexibility index (Phi) is 5.17. The SMILES string of the molecule is COCCN1CC2(CCC1=O)CCN(S(=O)(=O)c1cnoc1C)CC2. The van der Waals surface area contributed by atoms with Crippen LogP contribution in [0.25, 0.3) is 0 Å². The summed E-state index contributed by atoms with van der Waals surface area (Å²) in [6.45, 7) is 4.33.